The molecule has 3 heteroatoms. The highest BCUT2D eigenvalue weighted by atomic mass is 79.9. The van der Waals surface area contributed by atoms with Gasteiger partial charge in [-0.15, -0.1) is 0 Å². The fourth-order valence-corrected chi connectivity index (χ4v) is 4.30. The second-order valence-electron chi connectivity index (χ2n) is 6.34. The Morgan fingerprint density at radius 1 is 1.20 bits per heavy atom. The molecule has 1 unspecified atom stereocenters. The Morgan fingerprint density at radius 3 is 2.90 bits per heavy atom. The van der Waals surface area contributed by atoms with E-state index >= 15 is 0 Å². The molecule has 1 aromatic heterocycles. The van der Waals surface area contributed by atoms with Crippen molar-refractivity contribution in [3.63, 3.8) is 0 Å². The zero-order chi connectivity index (χ0) is 13.6. The van der Waals surface area contributed by atoms with Gasteiger partial charge in [-0.1, -0.05) is 34.8 Å². The van der Waals surface area contributed by atoms with E-state index in [2.05, 4.69) is 51.0 Å². The Bertz CT molecular complexity index is 627. The third kappa shape index (κ3) is 2.21. The van der Waals surface area contributed by atoms with Crippen LogP contribution in [-0.2, 0) is 11.3 Å². The van der Waals surface area contributed by atoms with E-state index in [-0.39, 0.29) is 5.60 Å². The van der Waals surface area contributed by atoms with Crippen LogP contribution in [0.4, 0.5) is 0 Å². The topological polar surface area (TPSA) is 14.2 Å². The Morgan fingerprint density at radius 2 is 2.05 bits per heavy atom. The standard InChI is InChI=1S/C17H20BrNO/c18-14-4-3-13-6-10-19(16(13)11-14)12-15-5-9-17(20-15)7-1-2-8-17/h3-4,6,10-11,15H,1-2,5,7-9,12H2. The van der Waals surface area contributed by atoms with E-state index in [9.17, 15) is 0 Å². The molecular weight excluding hydrogens is 314 g/mol. The minimum atomic E-state index is 0.244. The van der Waals surface area contributed by atoms with Crippen LogP contribution in [0.1, 0.15) is 38.5 Å². The van der Waals surface area contributed by atoms with Gasteiger partial charge >= 0.3 is 0 Å². The van der Waals surface area contributed by atoms with Gasteiger partial charge in [0.25, 0.3) is 0 Å². The fourth-order valence-electron chi connectivity index (χ4n) is 3.95. The lowest BCUT2D eigenvalue weighted by molar-refractivity contribution is -0.0414. The number of hydrogen-bond donors (Lipinski definition) is 0. The molecule has 1 aliphatic heterocycles. The predicted molar refractivity (Wildman–Crippen MR) is 84.9 cm³/mol. The number of fused-ring (bicyclic) bond motifs is 1. The third-order valence-corrected chi connectivity index (χ3v) is 5.48. The Balaban J connectivity index is 1.55. The summed E-state index contributed by atoms with van der Waals surface area (Å²) in [7, 11) is 0. The molecule has 1 aromatic carbocycles. The lowest BCUT2D eigenvalue weighted by Crippen LogP contribution is -2.26. The molecule has 2 fully saturated rings. The van der Waals surface area contributed by atoms with Crippen LogP contribution < -0.4 is 0 Å². The largest absolute Gasteiger partial charge is 0.370 e. The summed E-state index contributed by atoms with van der Waals surface area (Å²) in [6, 6.07) is 8.67. The quantitative estimate of drug-likeness (QED) is 0.762. The first-order valence-electron chi connectivity index (χ1n) is 7.66. The van der Waals surface area contributed by atoms with Gasteiger partial charge in [-0.25, -0.2) is 0 Å². The van der Waals surface area contributed by atoms with Crippen LogP contribution in [0.2, 0.25) is 0 Å². The van der Waals surface area contributed by atoms with Gasteiger partial charge in [0.15, 0.2) is 0 Å². The number of halogens is 1. The van der Waals surface area contributed by atoms with Gasteiger partial charge < -0.3 is 9.30 Å². The zero-order valence-corrected chi connectivity index (χ0v) is 13.2. The molecule has 2 aliphatic rings. The fraction of sp³-hybridized carbons (Fsp3) is 0.529. The van der Waals surface area contributed by atoms with Gasteiger partial charge in [-0.3, -0.25) is 0 Å². The second kappa shape index (κ2) is 4.88. The highest BCUT2D eigenvalue weighted by Gasteiger charge is 2.42. The van der Waals surface area contributed by atoms with Crippen molar-refractivity contribution < 1.29 is 4.74 Å². The van der Waals surface area contributed by atoms with Gasteiger partial charge in [0.05, 0.1) is 11.7 Å². The Hall–Kier alpha value is -0.800. The Kier molecular flexibility index (Phi) is 3.15. The summed E-state index contributed by atoms with van der Waals surface area (Å²) < 4.78 is 9.92. The van der Waals surface area contributed by atoms with Gasteiger partial charge in [0, 0.05) is 22.7 Å². The Labute approximate surface area is 128 Å². The molecule has 1 atom stereocenters. The summed E-state index contributed by atoms with van der Waals surface area (Å²) in [6.07, 6.45) is 10.3. The van der Waals surface area contributed by atoms with Crippen molar-refractivity contribution in [3.05, 3.63) is 34.9 Å². The normalized spacial score (nSPS) is 24.9. The molecule has 1 saturated carbocycles. The van der Waals surface area contributed by atoms with Gasteiger partial charge in [-0.2, -0.15) is 0 Å². The van der Waals surface area contributed by atoms with E-state index in [1.807, 2.05) is 0 Å². The molecule has 4 rings (SSSR count). The number of aromatic nitrogens is 1. The molecule has 1 saturated heterocycles. The minimum absolute atomic E-state index is 0.244. The first-order chi connectivity index (χ1) is 9.74. The maximum Gasteiger partial charge on any atom is 0.0762 e. The summed E-state index contributed by atoms with van der Waals surface area (Å²) in [5.41, 5.74) is 1.55. The van der Waals surface area contributed by atoms with Gasteiger partial charge in [-0.05, 0) is 49.3 Å². The molecule has 0 N–H and O–H groups in total. The van der Waals surface area contributed by atoms with Crippen LogP contribution in [0.5, 0.6) is 0 Å². The van der Waals surface area contributed by atoms with Crippen molar-refractivity contribution in [2.75, 3.05) is 0 Å². The first-order valence-corrected chi connectivity index (χ1v) is 8.46. The van der Waals surface area contributed by atoms with Crippen LogP contribution in [0.25, 0.3) is 10.9 Å². The monoisotopic (exact) mass is 333 g/mol. The molecular formula is C17H20BrNO. The third-order valence-electron chi connectivity index (χ3n) is 4.99. The van der Waals surface area contributed by atoms with Gasteiger partial charge in [0.1, 0.15) is 0 Å². The summed E-state index contributed by atoms with van der Waals surface area (Å²) in [5.74, 6) is 0. The molecule has 0 bridgehead atoms. The van der Waals surface area contributed by atoms with Crippen molar-refractivity contribution in [3.8, 4) is 0 Å². The van der Waals surface area contributed by atoms with Crippen molar-refractivity contribution >= 4 is 26.8 Å². The van der Waals surface area contributed by atoms with Crippen LogP contribution in [0.15, 0.2) is 34.9 Å². The number of benzene rings is 1. The number of ether oxygens (including phenoxy) is 1. The SMILES string of the molecule is Brc1ccc2ccn(CC3CCC4(CCCC4)O3)c2c1. The smallest absolute Gasteiger partial charge is 0.0762 e. The maximum absolute atomic E-state index is 6.43. The lowest BCUT2D eigenvalue weighted by atomic mass is 9.98. The lowest BCUT2D eigenvalue weighted by Gasteiger charge is -2.24. The van der Waals surface area contributed by atoms with E-state index in [1.54, 1.807) is 0 Å². The average molecular weight is 334 g/mol. The van der Waals surface area contributed by atoms with Crippen molar-refractivity contribution in [1.29, 1.82) is 0 Å². The van der Waals surface area contributed by atoms with Crippen molar-refractivity contribution in [2.24, 2.45) is 0 Å². The average Bonchev–Trinajstić information content (AvgIpc) is 3.14. The summed E-state index contributed by atoms with van der Waals surface area (Å²) in [6.45, 7) is 0.988. The number of nitrogens with zero attached hydrogens (tertiary/aromatic N) is 1. The summed E-state index contributed by atoms with van der Waals surface area (Å²) in [5, 5.41) is 1.31. The molecule has 1 aliphatic carbocycles. The molecule has 2 aromatic rings. The number of rotatable bonds is 2. The van der Waals surface area contributed by atoms with E-state index in [0.717, 1.165) is 11.0 Å². The van der Waals surface area contributed by atoms with E-state index in [4.69, 9.17) is 4.74 Å². The van der Waals surface area contributed by atoms with E-state index in [1.165, 1.54) is 49.4 Å². The predicted octanol–water partition coefficient (Wildman–Crippen LogP) is 4.90. The van der Waals surface area contributed by atoms with Crippen molar-refractivity contribution in [2.45, 2.75) is 56.8 Å². The zero-order valence-electron chi connectivity index (χ0n) is 11.6. The first kappa shape index (κ1) is 12.9. The molecule has 106 valence electrons. The van der Waals surface area contributed by atoms with E-state index < -0.39 is 0 Å². The van der Waals surface area contributed by atoms with Gasteiger partial charge in [0.2, 0.25) is 0 Å². The molecule has 0 amide bonds. The summed E-state index contributed by atoms with van der Waals surface area (Å²) in [4.78, 5) is 0. The van der Waals surface area contributed by atoms with Crippen LogP contribution in [0, 0.1) is 0 Å². The highest BCUT2D eigenvalue weighted by molar-refractivity contribution is 9.10. The molecule has 2 nitrogen and oxygen atoms in total. The summed E-state index contributed by atoms with van der Waals surface area (Å²) >= 11 is 3.57. The van der Waals surface area contributed by atoms with Crippen molar-refractivity contribution in [1.82, 2.24) is 4.57 Å². The van der Waals surface area contributed by atoms with Crippen LogP contribution >= 0.6 is 15.9 Å². The number of hydrogen-bond acceptors (Lipinski definition) is 1. The van der Waals surface area contributed by atoms with Crippen LogP contribution in [0.3, 0.4) is 0 Å². The van der Waals surface area contributed by atoms with Crippen LogP contribution in [-0.4, -0.2) is 16.3 Å². The highest BCUT2D eigenvalue weighted by Crippen LogP contribution is 2.43. The molecule has 1 spiro atoms. The molecule has 20 heavy (non-hydrogen) atoms. The second-order valence-corrected chi connectivity index (χ2v) is 7.26. The molecule has 0 radical (unpaired) electrons. The maximum atomic E-state index is 6.43. The minimum Gasteiger partial charge on any atom is -0.370 e. The van der Waals surface area contributed by atoms with E-state index in [0.29, 0.717) is 6.10 Å². The molecule has 2 heterocycles.